The minimum absolute atomic E-state index is 0.236. The second-order valence-corrected chi connectivity index (χ2v) is 22.3. The number of carbonyl (C=O) groups is 1. The van der Waals surface area contributed by atoms with Gasteiger partial charge in [0.2, 0.25) is 0 Å². The van der Waals surface area contributed by atoms with E-state index in [2.05, 4.69) is 11.7 Å². The van der Waals surface area contributed by atoms with E-state index in [-0.39, 0.29) is 12.4 Å². The zero-order valence-electron chi connectivity index (χ0n) is 63.9. The number of methoxy groups -OCH3 is 1. The summed E-state index contributed by atoms with van der Waals surface area (Å²) in [7, 11) is 1.35. The molecule has 0 atom stereocenters. The van der Waals surface area contributed by atoms with Gasteiger partial charge in [-0.1, -0.05) is 64.7 Å². The lowest BCUT2D eigenvalue weighted by molar-refractivity contribution is -0.142. The Morgan fingerprint density at radius 3 is 0.379 bits per heavy atom. The van der Waals surface area contributed by atoms with E-state index in [1.807, 2.05) is 0 Å². The molecule has 0 rings (SSSR count). The molecule has 0 aromatic carbocycles. The Morgan fingerprint density at radius 2 is 0.252 bits per heavy atom. The van der Waals surface area contributed by atoms with Gasteiger partial charge in [0, 0.05) is 6.61 Å². The second-order valence-electron chi connectivity index (χ2n) is 22.3. The first-order chi connectivity index (χ1) is 51.3. The number of rotatable bonds is 98. The van der Waals surface area contributed by atoms with Gasteiger partial charge < -0.3 is 142 Å². The molecule has 0 unspecified atom stereocenters. The lowest BCUT2D eigenvalue weighted by Gasteiger charge is -2.09. The van der Waals surface area contributed by atoms with Crippen molar-refractivity contribution < 1.29 is 147 Å². The minimum Gasteiger partial charge on any atom is -0.469 e. The lowest BCUT2D eigenvalue weighted by Crippen LogP contribution is -2.16. The summed E-state index contributed by atoms with van der Waals surface area (Å²) in [4.78, 5) is 11.0. The highest BCUT2D eigenvalue weighted by Gasteiger charge is 2.04. The fraction of sp³-hybridized carbons (Fsp3) is 0.986. The Bertz CT molecular complexity index is 1500. The third-order valence-electron chi connectivity index (χ3n) is 13.7. The summed E-state index contributed by atoms with van der Waals surface area (Å²) < 4.78 is 165. The molecule has 103 heavy (non-hydrogen) atoms. The fourth-order valence-corrected chi connectivity index (χ4v) is 8.21. The number of carbonyl (C=O) groups excluding carboxylic acids is 1. The van der Waals surface area contributed by atoms with Crippen LogP contribution in [0.25, 0.3) is 0 Å². The van der Waals surface area contributed by atoms with Gasteiger partial charge in [-0.2, -0.15) is 0 Å². The summed E-state index contributed by atoms with van der Waals surface area (Å²) in [5, 5.41) is 0. The van der Waals surface area contributed by atoms with E-state index in [1.165, 1.54) is 64.9 Å². The van der Waals surface area contributed by atoms with E-state index in [9.17, 15) is 4.79 Å². The van der Waals surface area contributed by atoms with Gasteiger partial charge in [-0.05, 0) is 6.42 Å². The Hall–Kier alpha value is -1.69. The van der Waals surface area contributed by atoms with E-state index in [0.717, 1.165) is 13.0 Å². The summed E-state index contributed by atoms with van der Waals surface area (Å²) in [5.41, 5.74) is 0. The van der Waals surface area contributed by atoms with E-state index < -0.39 is 0 Å². The summed E-state index contributed by atoms with van der Waals surface area (Å²) >= 11 is 0. The van der Waals surface area contributed by atoms with Crippen LogP contribution in [0.5, 0.6) is 0 Å². The van der Waals surface area contributed by atoms with Crippen LogP contribution in [0.2, 0.25) is 0 Å². The number of esters is 1. The van der Waals surface area contributed by atoms with Gasteiger partial charge in [-0.25, -0.2) is 0 Å². The Labute approximate surface area is 618 Å². The van der Waals surface area contributed by atoms with Crippen LogP contribution in [0.3, 0.4) is 0 Å². The van der Waals surface area contributed by atoms with E-state index in [1.54, 1.807) is 0 Å². The quantitative estimate of drug-likeness (QED) is 0.0574. The van der Waals surface area contributed by atoms with Crippen molar-refractivity contribution in [3.63, 3.8) is 0 Å². The van der Waals surface area contributed by atoms with Crippen LogP contribution in [0.1, 0.15) is 77.6 Å². The molecule has 0 heterocycles. The third-order valence-corrected chi connectivity index (χ3v) is 13.7. The Balaban J connectivity index is 3.10. The van der Waals surface area contributed by atoms with Crippen molar-refractivity contribution in [1.29, 1.82) is 0 Å². The average Bonchev–Trinajstić information content (AvgIpc) is 3.74. The Morgan fingerprint density at radius 1 is 0.146 bits per heavy atom. The van der Waals surface area contributed by atoms with Gasteiger partial charge in [0.15, 0.2) is 0 Å². The highest BCUT2D eigenvalue weighted by atomic mass is 16.6. The molecule has 0 aliphatic carbocycles. The molecule has 0 amide bonds. The minimum atomic E-state index is -0.292. The molecule has 0 spiro atoms. The van der Waals surface area contributed by atoms with Crippen LogP contribution >= 0.6 is 0 Å². The maximum Gasteiger partial charge on any atom is 0.307 e. The highest BCUT2D eigenvalue weighted by Crippen LogP contribution is 2.10. The van der Waals surface area contributed by atoms with Crippen LogP contribution in [0, 0.1) is 0 Å². The molecule has 618 valence electrons. The van der Waals surface area contributed by atoms with Crippen molar-refractivity contribution in [3.05, 3.63) is 0 Å². The van der Waals surface area contributed by atoms with Crippen molar-refractivity contribution in [1.82, 2.24) is 0 Å². The predicted molar refractivity (Wildman–Crippen MR) is 382 cm³/mol. The van der Waals surface area contributed by atoms with Gasteiger partial charge in [-0.15, -0.1) is 0 Å². The highest BCUT2D eigenvalue weighted by molar-refractivity contribution is 5.69. The normalized spacial score (nSPS) is 11.7. The molecule has 0 aromatic heterocycles. The van der Waals surface area contributed by atoms with Gasteiger partial charge >= 0.3 is 5.97 Å². The number of ether oxygens (including phenoxy) is 30. The molecule has 0 bridgehead atoms. The molecule has 0 aromatic rings. The zero-order valence-corrected chi connectivity index (χ0v) is 63.9. The number of hydrogen-bond donors (Lipinski definition) is 0. The van der Waals surface area contributed by atoms with E-state index in [4.69, 9.17) is 137 Å². The maximum atomic E-state index is 11.0. The average molecular weight is 1510 g/mol. The first-order valence-corrected chi connectivity index (χ1v) is 38.1. The summed E-state index contributed by atoms with van der Waals surface area (Å²) in [6.07, 6.45) is 13.6. The topological polar surface area (TPSA) is 294 Å². The summed E-state index contributed by atoms with van der Waals surface area (Å²) in [5.74, 6) is -0.292. The first kappa shape index (κ1) is 101. The number of hydrogen-bond acceptors (Lipinski definition) is 31. The monoisotopic (exact) mass is 1500 g/mol. The van der Waals surface area contributed by atoms with Gasteiger partial charge in [0.05, 0.1) is 390 Å². The maximum absolute atomic E-state index is 11.0. The smallest absolute Gasteiger partial charge is 0.307 e. The van der Waals surface area contributed by atoms with Crippen molar-refractivity contribution in [2.75, 3.05) is 390 Å². The van der Waals surface area contributed by atoms with Crippen LogP contribution in [-0.2, 0) is 147 Å². The van der Waals surface area contributed by atoms with Crippen LogP contribution in [0.15, 0.2) is 0 Å². The molecule has 0 N–H and O–H groups in total. The molecular formula is C72H144O31. The molecule has 0 saturated heterocycles. The number of unbranched alkanes of at least 4 members (excludes halogenated alkanes) is 9. The lowest BCUT2D eigenvalue weighted by atomic mass is 10.1. The SMILES string of the molecule is CCCCCCCCCCCCOCCOCCOCCOCCOCCOCCOCCOCCOCCOCCOCCOCCOCCOCCOCCOCCOCCOCCOCCOCCOCCOCCOCCOCCOCCOCCOCCOCCOCCC(=O)OC. The molecule has 0 radical (unpaired) electrons. The predicted octanol–water partition coefficient (Wildman–Crippen LogP) is 4.95. The molecule has 0 aliphatic rings. The molecule has 0 saturated carbocycles. The first-order valence-electron chi connectivity index (χ1n) is 38.1. The van der Waals surface area contributed by atoms with Crippen molar-refractivity contribution in [2.24, 2.45) is 0 Å². The molecule has 0 aliphatic heterocycles. The molecule has 31 nitrogen and oxygen atoms in total. The standard InChI is InChI=1S/C72H144O31/c1-3-4-5-6-7-8-9-10-11-12-14-75-16-18-77-20-22-79-24-26-81-28-30-83-32-34-85-36-38-87-40-42-89-44-46-91-48-50-93-52-54-95-56-58-97-60-62-99-64-66-101-68-70-103-71-69-102-67-65-100-63-61-98-59-57-96-55-53-94-51-49-92-47-45-90-43-41-88-39-37-86-35-33-84-31-29-82-27-25-80-23-21-78-19-17-76-15-13-72(73)74-2/h3-71H2,1-2H3. The fourth-order valence-electron chi connectivity index (χ4n) is 8.21. The molecular weight excluding hydrogens is 1360 g/mol. The largest absolute Gasteiger partial charge is 0.469 e. The van der Waals surface area contributed by atoms with Crippen molar-refractivity contribution in [2.45, 2.75) is 77.6 Å². The van der Waals surface area contributed by atoms with Crippen molar-refractivity contribution >= 4 is 5.97 Å². The summed E-state index contributed by atoms with van der Waals surface area (Å²) in [6, 6.07) is 0. The van der Waals surface area contributed by atoms with Crippen LogP contribution in [-0.4, -0.2) is 396 Å². The van der Waals surface area contributed by atoms with Gasteiger partial charge in [-0.3, -0.25) is 4.79 Å². The Kier molecular flexibility index (Phi) is 96.7. The molecule has 0 fully saturated rings. The van der Waals surface area contributed by atoms with E-state index in [0.29, 0.717) is 377 Å². The third kappa shape index (κ3) is 98.3. The van der Waals surface area contributed by atoms with Crippen molar-refractivity contribution in [3.8, 4) is 0 Å². The van der Waals surface area contributed by atoms with E-state index >= 15 is 0 Å². The van der Waals surface area contributed by atoms with Gasteiger partial charge in [0.1, 0.15) is 0 Å². The second kappa shape index (κ2) is 98.3. The van der Waals surface area contributed by atoms with Crippen LogP contribution < -0.4 is 0 Å². The summed E-state index contributed by atoms with van der Waals surface area (Å²) in [6.45, 7) is 30.9. The van der Waals surface area contributed by atoms with Crippen LogP contribution in [0.4, 0.5) is 0 Å². The van der Waals surface area contributed by atoms with Gasteiger partial charge in [0.25, 0.3) is 0 Å². The molecule has 31 heteroatoms. The zero-order chi connectivity index (χ0) is 73.6.